The van der Waals surface area contributed by atoms with E-state index in [0.717, 1.165) is 0 Å². The van der Waals surface area contributed by atoms with E-state index < -0.39 is 5.79 Å². The van der Waals surface area contributed by atoms with E-state index >= 15 is 0 Å². The van der Waals surface area contributed by atoms with Gasteiger partial charge in [-0.15, -0.1) is 0 Å². The summed E-state index contributed by atoms with van der Waals surface area (Å²) in [6, 6.07) is 12.4. The van der Waals surface area contributed by atoms with Crippen LogP contribution in [0.5, 0.6) is 11.5 Å². The number of nitrogens with zero attached hydrogens (tertiary/aromatic N) is 2. The molecular formula is C22H22N2O5. The molecule has 150 valence electrons. The highest BCUT2D eigenvalue weighted by Gasteiger charge is 2.41. The molecule has 2 aromatic rings. The molecule has 0 unspecified atom stereocenters. The number of fused-ring (bicyclic) bond motifs is 2. The lowest BCUT2D eigenvalue weighted by Gasteiger charge is -2.37. The molecule has 3 aliphatic heterocycles. The minimum absolute atomic E-state index is 0.0664. The molecule has 3 heterocycles. The summed E-state index contributed by atoms with van der Waals surface area (Å²) in [5, 5.41) is 0. The third kappa shape index (κ3) is 3.07. The average Bonchev–Trinajstić information content (AvgIpc) is 3.17. The largest absolute Gasteiger partial charge is 0.454 e. The quantitative estimate of drug-likeness (QED) is 0.744. The summed E-state index contributed by atoms with van der Waals surface area (Å²) in [6.07, 6.45) is 1.33. The van der Waals surface area contributed by atoms with Gasteiger partial charge in [-0.25, -0.2) is 0 Å². The molecule has 2 saturated heterocycles. The van der Waals surface area contributed by atoms with Gasteiger partial charge in [0.2, 0.25) is 0 Å². The van der Waals surface area contributed by atoms with Crippen molar-refractivity contribution in [2.45, 2.75) is 18.6 Å². The first-order chi connectivity index (χ1) is 14.1. The zero-order valence-corrected chi connectivity index (χ0v) is 16.2. The van der Waals surface area contributed by atoms with Crippen molar-refractivity contribution in [2.75, 3.05) is 38.3 Å². The number of likely N-dealkylation sites (tertiary alicyclic amines) is 1. The summed E-state index contributed by atoms with van der Waals surface area (Å²) in [7, 11) is 1.69. The summed E-state index contributed by atoms with van der Waals surface area (Å²) in [5.41, 5.74) is 1.60. The van der Waals surface area contributed by atoms with Crippen LogP contribution in [0.1, 0.15) is 33.6 Å². The van der Waals surface area contributed by atoms with E-state index in [4.69, 9.17) is 14.2 Å². The lowest BCUT2D eigenvalue weighted by Crippen LogP contribution is -2.47. The third-order valence-electron chi connectivity index (χ3n) is 5.84. The molecular weight excluding hydrogens is 372 g/mol. The van der Waals surface area contributed by atoms with Crippen LogP contribution in [-0.2, 0) is 9.47 Å². The molecule has 0 N–H and O–H groups in total. The Balaban J connectivity index is 1.40. The SMILES string of the molecule is CN1C(=O)c2ccccc2Oc2ccc(C(=O)N3CCC4(CC3)OCCO4)cc21. The first-order valence-electron chi connectivity index (χ1n) is 9.83. The van der Waals surface area contributed by atoms with Crippen molar-refractivity contribution < 1.29 is 23.8 Å². The van der Waals surface area contributed by atoms with Gasteiger partial charge in [-0.05, 0) is 30.3 Å². The predicted molar refractivity (Wildman–Crippen MR) is 105 cm³/mol. The average molecular weight is 394 g/mol. The molecule has 2 aromatic carbocycles. The zero-order chi connectivity index (χ0) is 20.0. The van der Waals surface area contributed by atoms with E-state index in [-0.39, 0.29) is 11.8 Å². The summed E-state index contributed by atoms with van der Waals surface area (Å²) in [6.45, 7) is 2.38. The third-order valence-corrected chi connectivity index (χ3v) is 5.84. The fraction of sp³-hybridized carbons (Fsp3) is 0.364. The molecule has 0 atom stereocenters. The summed E-state index contributed by atoms with van der Waals surface area (Å²) in [4.78, 5) is 29.3. The molecule has 29 heavy (non-hydrogen) atoms. The van der Waals surface area contributed by atoms with Gasteiger partial charge in [0.05, 0.1) is 24.5 Å². The highest BCUT2D eigenvalue weighted by molar-refractivity contribution is 6.10. The van der Waals surface area contributed by atoms with Gasteiger partial charge >= 0.3 is 0 Å². The maximum absolute atomic E-state index is 13.1. The Morgan fingerprint density at radius 1 is 1.00 bits per heavy atom. The van der Waals surface area contributed by atoms with E-state index in [0.29, 0.717) is 67.5 Å². The maximum atomic E-state index is 13.1. The molecule has 2 fully saturated rings. The number of para-hydroxylation sites is 1. The number of anilines is 1. The molecule has 1 spiro atoms. The molecule has 7 nitrogen and oxygen atoms in total. The van der Waals surface area contributed by atoms with Gasteiger partial charge in [0, 0.05) is 38.5 Å². The van der Waals surface area contributed by atoms with Crippen molar-refractivity contribution in [1.82, 2.24) is 4.90 Å². The van der Waals surface area contributed by atoms with E-state index in [1.165, 1.54) is 4.90 Å². The van der Waals surface area contributed by atoms with Crippen LogP contribution in [0.15, 0.2) is 42.5 Å². The zero-order valence-electron chi connectivity index (χ0n) is 16.2. The second-order valence-electron chi connectivity index (χ2n) is 7.54. The van der Waals surface area contributed by atoms with Crippen molar-refractivity contribution in [1.29, 1.82) is 0 Å². The first-order valence-corrected chi connectivity index (χ1v) is 9.83. The summed E-state index contributed by atoms with van der Waals surface area (Å²) in [5.74, 6) is 0.312. The van der Waals surface area contributed by atoms with Crippen molar-refractivity contribution in [3.63, 3.8) is 0 Å². The Labute approximate surface area is 168 Å². The lowest BCUT2D eigenvalue weighted by molar-refractivity contribution is -0.181. The maximum Gasteiger partial charge on any atom is 0.261 e. The number of carbonyl (C=O) groups excluding carboxylic acids is 2. The molecule has 7 heteroatoms. The molecule has 0 saturated carbocycles. The number of carbonyl (C=O) groups is 2. The van der Waals surface area contributed by atoms with Crippen molar-refractivity contribution >= 4 is 17.5 Å². The van der Waals surface area contributed by atoms with Crippen LogP contribution in [0.25, 0.3) is 0 Å². The molecule has 0 bridgehead atoms. The minimum Gasteiger partial charge on any atom is -0.454 e. The normalized spacial score (nSPS) is 20.1. The fourth-order valence-electron chi connectivity index (χ4n) is 4.16. The van der Waals surface area contributed by atoms with Gasteiger partial charge < -0.3 is 24.0 Å². The second kappa shape index (κ2) is 6.86. The smallest absolute Gasteiger partial charge is 0.261 e. The van der Waals surface area contributed by atoms with E-state index in [1.807, 2.05) is 11.0 Å². The van der Waals surface area contributed by atoms with E-state index in [9.17, 15) is 9.59 Å². The van der Waals surface area contributed by atoms with Crippen LogP contribution in [0.2, 0.25) is 0 Å². The number of piperidine rings is 1. The van der Waals surface area contributed by atoms with Gasteiger partial charge in [-0.3, -0.25) is 9.59 Å². The van der Waals surface area contributed by atoms with Gasteiger partial charge in [-0.1, -0.05) is 12.1 Å². The Morgan fingerprint density at radius 3 is 2.48 bits per heavy atom. The van der Waals surface area contributed by atoms with Crippen LogP contribution in [0.3, 0.4) is 0 Å². The number of hydrogen-bond acceptors (Lipinski definition) is 5. The monoisotopic (exact) mass is 394 g/mol. The molecule has 2 amide bonds. The summed E-state index contributed by atoms with van der Waals surface area (Å²) < 4.78 is 17.4. The number of benzene rings is 2. The van der Waals surface area contributed by atoms with E-state index in [2.05, 4.69) is 0 Å². The van der Waals surface area contributed by atoms with Crippen molar-refractivity contribution in [3.8, 4) is 11.5 Å². The van der Waals surface area contributed by atoms with Gasteiger partial charge in [-0.2, -0.15) is 0 Å². The topological polar surface area (TPSA) is 68.3 Å². The van der Waals surface area contributed by atoms with Gasteiger partial charge in [0.15, 0.2) is 11.5 Å². The van der Waals surface area contributed by atoms with Gasteiger partial charge in [0.1, 0.15) is 5.75 Å². The number of amides is 2. The van der Waals surface area contributed by atoms with Crippen LogP contribution >= 0.6 is 0 Å². The first kappa shape index (κ1) is 18.1. The number of ether oxygens (including phenoxy) is 3. The highest BCUT2D eigenvalue weighted by atomic mass is 16.7. The number of rotatable bonds is 1. The molecule has 3 aliphatic rings. The lowest BCUT2D eigenvalue weighted by atomic mass is 10.0. The van der Waals surface area contributed by atoms with Crippen LogP contribution in [0, 0.1) is 0 Å². The van der Waals surface area contributed by atoms with Crippen LogP contribution < -0.4 is 9.64 Å². The second-order valence-corrected chi connectivity index (χ2v) is 7.54. The Morgan fingerprint density at radius 2 is 1.72 bits per heavy atom. The number of hydrogen-bond donors (Lipinski definition) is 0. The van der Waals surface area contributed by atoms with E-state index in [1.54, 1.807) is 43.4 Å². The van der Waals surface area contributed by atoms with Crippen molar-refractivity contribution in [3.05, 3.63) is 53.6 Å². The predicted octanol–water partition coefficient (Wildman–Crippen LogP) is 3.05. The van der Waals surface area contributed by atoms with Crippen LogP contribution in [-0.4, -0.2) is 55.9 Å². The Bertz CT molecular complexity index is 973. The standard InChI is InChI=1S/C22H22N2O5/c1-23-17-14-15(20(25)24-10-8-22(9-11-24)27-12-13-28-22)6-7-19(17)29-18-5-3-2-4-16(18)21(23)26/h2-7,14H,8-13H2,1H3. The molecule has 5 rings (SSSR count). The fourth-order valence-corrected chi connectivity index (χ4v) is 4.16. The molecule has 0 radical (unpaired) electrons. The van der Waals surface area contributed by atoms with Crippen molar-refractivity contribution in [2.24, 2.45) is 0 Å². The minimum atomic E-state index is -0.517. The van der Waals surface area contributed by atoms with Gasteiger partial charge in [0.25, 0.3) is 11.8 Å². The summed E-state index contributed by atoms with van der Waals surface area (Å²) >= 11 is 0. The molecule has 0 aliphatic carbocycles. The van der Waals surface area contributed by atoms with Crippen LogP contribution in [0.4, 0.5) is 5.69 Å². The Kier molecular flexibility index (Phi) is 4.29. The highest BCUT2D eigenvalue weighted by Crippen LogP contribution is 2.39. The molecule has 0 aromatic heterocycles. The Hall–Kier alpha value is -2.90.